The summed E-state index contributed by atoms with van der Waals surface area (Å²) in [5.41, 5.74) is 0. The third-order valence-corrected chi connectivity index (χ3v) is 0. The molecule has 0 nitrogen and oxygen atoms in total. The first-order valence-corrected chi connectivity index (χ1v) is 0. The van der Waals surface area contributed by atoms with Gasteiger partial charge in [-0.15, -0.1) is 0 Å². The molecule has 0 aromatic heterocycles. The molecule has 0 aliphatic rings. The van der Waals surface area contributed by atoms with E-state index in [2.05, 4.69) is 0 Å². The first kappa shape index (κ1) is 32.2. The molecule has 0 aliphatic heterocycles. The summed E-state index contributed by atoms with van der Waals surface area (Å²) in [6.07, 6.45) is 0. The van der Waals surface area contributed by atoms with Gasteiger partial charge in [0.1, 0.15) is 0 Å². The van der Waals surface area contributed by atoms with Crippen molar-refractivity contribution >= 4 is 18.0 Å². The maximum atomic E-state index is 0. The zero-order chi connectivity index (χ0) is 0. The van der Waals surface area contributed by atoms with Gasteiger partial charge in [-0.05, 0) is 0 Å². The minimum Gasteiger partial charge on any atom is 0 e. The van der Waals surface area contributed by atoms with Gasteiger partial charge in [-0.3, -0.25) is 0 Å². The number of hydrogen-bond acceptors (Lipinski definition) is 0. The van der Waals surface area contributed by atoms with Gasteiger partial charge in [0, 0.05) is 76.3 Å². The fraction of sp³-hybridized carbons (Fsp3) is 0. The number of hydrogen-bond donors (Lipinski definition) is 0. The first-order chi connectivity index (χ1) is 0. The van der Waals surface area contributed by atoms with E-state index in [-0.39, 0.29) is 76.3 Å². The van der Waals surface area contributed by atoms with Crippen LogP contribution in [0.3, 0.4) is 0 Å². The van der Waals surface area contributed by atoms with Gasteiger partial charge in [-0.2, -0.15) is 0 Å². The zero-order valence-corrected chi connectivity index (χ0v) is 9.09. The van der Waals surface area contributed by atoms with Gasteiger partial charge >= 0.3 is 0 Å². The van der Waals surface area contributed by atoms with E-state index in [1.165, 1.54) is 0 Å². The molecule has 28 valence electrons. The standard InChI is InChI=1S/Ag.As.Ni.Zn. The first-order valence-electron chi connectivity index (χ1n) is 0. The molecule has 0 unspecified atom stereocenters. The van der Waals surface area contributed by atoms with Crippen molar-refractivity contribution in [2.45, 2.75) is 0 Å². The van der Waals surface area contributed by atoms with Crippen LogP contribution in [0.1, 0.15) is 0 Å². The predicted octanol–water partition coefficient (Wildman–Crippen LogP) is -0.388. The zero-order valence-electron chi connectivity index (χ0n) is 1.77. The van der Waals surface area contributed by atoms with Crippen LogP contribution < -0.4 is 0 Å². The summed E-state index contributed by atoms with van der Waals surface area (Å²) in [7, 11) is 0. The second kappa shape index (κ2) is 18.1. The molecule has 0 atom stereocenters. The third kappa shape index (κ3) is 8.83. The van der Waals surface area contributed by atoms with E-state index in [9.17, 15) is 0 Å². The predicted molar refractivity (Wildman–Crippen MR) is 5.75 cm³/mol. The quantitative estimate of drug-likeness (QED) is 0.535. The summed E-state index contributed by atoms with van der Waals surface area (Å²) < 4.78 is 0. The normalized spacial score (nSPS) is 0. The van der Waals surface area contributed by atoms with Crippen LogP contribution in [0.15, 0.2) is 0 Å². The van der Waals surface area contributed by atoms with E-state index in [1.54, 1.807) is 0 Å². The van der Waals surface area contributed by atoms with Crippen molar-refractivity contribution in [1.29, 1.82) is 0 Å². The van der Waals surface area contributed by atoms with Crippen molar-refractivity contribution in [3.05, 3.63) is 0 Å². The minimum absolute atomic E-state index is 0. The molecule has 4 heavy (non-hydrogen) atoms. The van der Waals surface area contributed by atoms with Crippen LogP contribution in [0.2, 0.25) is 0 Å². The van der Waals surface area contributed by atoms with Crippen molar-refractivity contribution in [2.24, 2.45) is 0 Å². The average molecular weight is 307 g/mol. The number of rotatable bonds is 0. The molecule has 4 radical (unpaired) electrons. The molecular weight excluding hydrogens is 307 g/mol. The summed E-state index contributed by atoms with van der Waals surface area (Å²) in [5.74, 6) is 0. The summed E-state index contributed by atoms with van der Waals surface area (Å²) >= 11 is 0. The maximum absolute atomic E-state index is 0. The van der Waals surface area contributed by atoms with Crippen LogP contribution >= 0.6 is 0 Å². The van der Waals surface area contributed by atoms with E-state index < -0.39 is 0 Å². The molecular formula is AgAsNiZn. The van der Waals surface area contributed by atoms with E-state index >= 15 is 0 Å². The molecule has 0 saturated heterocycles. The van der Waals surface area contributed by atoms with E-state index in [0.717, 1.165) is 0 Å². The molecule has 0 aromatic carbocycles. The van der Waals surface area contributed by atoms with Gasteiger partial charge in [0.15, 0.2) is 0 Å². The van der Waals surface area contributed by atoms with Crippen LogP contribution in [0, 0.1) is 0 Å². The van der Waals surface area contributed by atoms with Gasteiger partial charge in [0.05, 0.1) is 0 Å². The maximum Gasteiger partial charge on any atom is 0 e. The largest absolute Gasteiger partial charge is 0 e. The Morgan fingerprint density at radius 2 is 1.00 bits per heavy atom. The Morgan fingerprint density at radius 3 is 1.00 bits per heavy atom. The molecule has 4 heteroatoms. The monoisotopic (exact) mass is 304 g/mol. The van der Waals surface area contributed by atoms with Crippen LogP contribution in [0.4, 0.5) is 0 Å². The molecule has 0 N–H and O–H groups in total. The molecule has 0 bridgehead atoms. The Morgan fingerprint density at radius 1 is 1.00 bits per heavy atom. The minimum atomic E-state index is 0. The second-order valence-electron chi connectivity index (χ2n) is 0. The van der Waals surface area contributed by atoms with Crippen LogP contribution in [-0.4, -0.2) is 18.0 Å². The summed E-state index contributed by atoms with van der Waals surface area (Å²) in [6.45, 7) is 0. The summed E-state index contributed by atoms with van der Waals surface area (Å²) in [5, 5.41) is 0. The van der Waals surface area contributed by atoms with Gasteiger partial charge in [0.2, 0.25) is 0 Å². The fourth-order valence-electron chi connectivity index (χ4n) is 0. The molecule has 0 rings (SSSR count). The topological polar surface area (TPSA) is 0 Å². The van der Waals surface area contributed by atoms with Gasteiger partial charge in [-0.25, -0.2) is 0 Å². The fourth-order valence-corrected chi connectivity index (χ4v) is 0. The van der Waals surface area contributed by atoms with E-state index in [1.807, 2.05) is 0 Å². The Balaban J connectivity index is 0. The molecule has 0 aromatic rings. The van der Waals surface area contributed by atoms with Crippen molar-refractivity contribution < 1.29 is 58.3 Å². The Labute approximate surface area is 75.4 Å². The molecule has 0 saturated carbocycles. The average Bonchev–Trinajstić information content (AvgIpc) is 0. The molecule has 0 spiro atoms. The molecule has 0 aliphatic carbocycles. The van der Waals surface area contributed by atoms with Crippen LogP contribution in [0.25, 0.3) is 0 Å². The van der Waals surface area contributed by atoms with Crippen LogP contribution in [0.5, 0.6) is 0 Å². The van der Waals surface area contributed by atoms with Crippen molar-refractivity contribution in [1.82, 2.24) is 0 Å². The Bertz CT molecular complexity index is 8.00. The summed E-state index contributed by atoms with van der Waals surface area (Å²) in [4.78, 5) is 0. The summed E-state index contributed by atoms with van der Waals surface area (Å²) in [6, 6.07) is 0. The molecule has 0 fully saturated rings. The molecule has 0 amide bonds. The Kier molecular flexibility index (Phi) is 146. The smallest absolute Gasteiger partial charge is 0 e. The second-order valence-corrected chi connectivity index (χ2v) is 0. The molecule has 0 heterocycles. The van der Waals surface area contributed by atoms with Gasteiger partial charge < -0.3 is 0 Å². The van der Waals surface area contributed by atoms with Crippen molar-refractivity contribution in [2.75, 3.05) is 0 Å². The van der Waals surface area contributed by atoms with Gasteiger partial charge in [-0.1, -0.05) is 0 Å². The van der Waals surface area contributed by atoms with Crippen molar-refractivity contribution in [3.63, 3.8) is 0 Å². The third-order valence-electron chi connectivity index (χ3n) is 0. The van der Waals surface area contributed by atoms with E-state index in [4.69, 9.17) is 0 Å². The van der Waals surface area contributed by atoms with Crippen LogP contribution in [-0.2, 0) is 58.3 Å². The Hall–Kier alpha value is 2.42. The van der Waals surface area contributed by atoms with Crippen molar-refractivity contribution in [3.8, 4) is 0 Å². The van der Waals surface area contributed by atoms with Gasteiger partial charge in [0.25, 0.3) is 0 Å². The SMILES string of the molecule is [Ag].[As].[Ni].[Zn]. The van der Waals surface area contributed by atoms with E-state index in [0.29, 0.717) is 0 Å².